The van der Waals surface area contributed by atoms with Gasteiger partial charge in [0.1, 0.15) is 11.1 Å². The Hall–Kier alpha value is -2.60. The minimum absolute atomic E-state index is 0.183. The molecule has 21 heavy (non-hydrogen) atoms. The summed E-state index contributed by atoms with van der Waals surface area (Å²) in [7, 11) is 1.46. The smallest absolute Gasteiger partial charge is 0.409 e. The first-order valence-corrected chi connectivity index (χ1v) is 6.53. The number of rotatable bonds is 1. The SMILES string of the molecule is CNC(=O)Oc1ccc2nc3ccccn3c(=N)c2c1Cl. The molecule has 3 aromatic rings. The zero-order valence-corrected chi connectivity index (χ0v) is 11.8. The van der Waals surface area contributed by atoms with Crippen molar-refractivity contribution in [2.45, 2.75) is 0 Å². The number of nitrogens with zero attached hydrogens (tertiary/aromatic N) is 2. The van der Waals surface area contributed by atoms with Gasteiger partial charge < -0.3 is 10.1 Å². The normalized spacial score (nSPS) is 10.8. The lowest BCUT2D eigenvalue weighted by Crippen LogP contribution is -2.22. The van der Waals surface area contributed by atoms with E-state index in [4.69, 9.17) is 21.7 Å². The first-order chi connectivity index (χ1) is 10.1. The molecule has 1 amide bonds. The predicted molar refractivity (Wildman–Crippen MR) is 78.6 cm³/mol. The molecular weight excluding hydrogens is 292 g/mol. The van der Waals surface area contributed by atoms with Gasteiger partial charge in [-0.3, -0.25) is 9.81 Å². The number of hydrogen-bond acceptors (Lipinski definition) is 4. The molecule has 7 heteroatoms. The monoisotopic (exact) mass is 302 g/mol. The van der Waals surface area contributed by atoms with Crippen molar-refractivity contribution in [3.8, 4) is 5.75 Å². The fourth-order valence-corrected chi connectivity index (χ4v) is 2.34. The van der Waals surface area contributed by atoms with E-state index in [1.807, 2.05) is 6.07 Å². The van der Waals surface area contributed by atoms with Crippen LogP contribution in [-0.2, 0) is 0 Å². The van der Waals surface area contributed by atoms with Gasteiger partial charge in [-0.05, 0) is 24.3 Å². The Morgan fingerprint density at radius 1 is 1.38 bits per heavy atom. The molecular formula is C14H11ClN4O2. The molecule has 1 aromatic carbocycles. The van der Waals surface area contributed by atoms with Crippen molar-refractivity contribution >= 4 is 34.2 Å². The number of pyridine rings is 1. The van der Waals surface area contributed by atoms with Crippen LogP contribution in [0.3, 0.4) is 0 Å². The molecule has 6 nitrogen and oxygen atoms in total. The van der Waals surface area contributed by atoms with Crippen LogP contribution in [0.4, 0.5) is 4.79 Å². The van der Waals surface area contributed by atoms with Gasteiger partial charge in [-0.2, -0.15) is 0 Å². The molecule has 0 fully saturated rings. The third-order valence-electron chi connectivity index (χ3n) is 3.04. The average molecular weight is 303 g/mol. The second kappa shape index (κ2) is 5.06. The largest absolute Gasteiger partial charge is 0.412 e. The Labute approximate surface area is 124 Å². The van der Waals surface area contributed by atoms with Crippen molar-refractivity contribution in [1.82, 2.24) is 14.7 Å². The maximum absolute atomic E-state index is 11.3. The van der Waals surface area contributed by atoms with Crippen molar-refractivity contribution in [1.29, 1.82) is 5.41 Å². The highest BCUT2D eigenvalue weighted by atomic mass is 35.5. The standard InChI is InChI=1S/C14H11ClN4O2/c1-17-14(20)21-9-6-5-8-11(12(9)15)13(16)19-7-3-2-4-10(19)18-8/h2-7,16H,1H3,(H,17,20). The van der Waals surface area contributed by atoms with E-state index in [1.54, 1.807) is 34.9 Å². The molecule has 2 heterocycles. The summed E-state index contributed by atoms with van der Waals surface area (Å²) < 4.78 is 6.68. The fourth-order valence-electron chi connectivity index (χ4n) is 2.05. The molecule has 0 saturated heterocycles. The van der Waals surface area contributed by atoms with E-state index in [1.165, 1.54) is 7.05 Å². The highest BCUT2D eigenvalue weighted by Gasteiger charge is 2.13. The van der Waals surface area contributed by atoms with Crippen molar-refractivity contribution in [3.05, 3.63) is 47.0 Å². The summed E-state index contributed by atoms with van der Waals surface area (Å²) in [6.07, 6.45) is 1.11. The van der Waals surface area contributed by atoms with Crippen molar-refractivity contribution in [2.75, 3.05) is 7.05 Å². The Bertz CT molecular complexity index is 920. The van der Waals surface area contributed by atoms with Crippen LogP contribution in [0.5, 0.6) is 5.75 Å². The van der Waals surface area contributed by atoms with Crippen LogP contribution >= 0.6 is 11.6 Å². The minimum atomic E-state index is -0.621. The number of ether oxygens (including phenoxy) is 1. The fraction of sp³-hybridized carbons (Fsp3) is 0.0714. The van der Waals surface area contributed by atoms with Crippen LogP contribution in [0.1, 0.15) is 0 Å². The van der Waals surface area contributed by atoms with E-state index < -0.39 is 6.09 Å². The second-order valence-corrected chi connectivity index (χ2v) is 4.68. The predicted octanol–water partition coefficient (Wildman–Crippen LogP) is 2.34. The maximum Gasteiger partial charge on any atom is 0.412 e. The second-order valence-electron chi connectivity index (χ2n) is 4.30. The quantitative estimate of drug-likeness (QED) is 0.677. The van der Waals surface area contributed by atoms with Crippen LogP contribution < -0.4 is 15.5 Å². The van der Waals surface area contributed by atoms with Crippen LogP contribution in [0, 0.1) is 5.41 Å². The number of hydrogen-bond donors (Lipinski definition) is 2. The summed E-state index contributed by atoms with van der Waals surface area (Å²) >= 11 is 6.27. The summed E-state index contributed by atoms with van der Waals surface area (Å²) in [6.45, 7) is 0. The Balaban J connectivity index is 2.32. The van der Waals surface area contributed by atoms with E-state index in [-0.39, 0.29) is 16.3 Å². The highest BCUT2D eigenvalue weighted by Crippen LogP contribution is 2.30. The molecule has 106 valence electrons. The lowest BCUT2D eigenvalue weighted by atomic mass is 10.2. The lowest BCUT2D eigenvalue weighted by Gasteiger charge is -2.09. The number of aromatic nitrogens is 2. The van der Waals surface area contributed by atoms with E-state index in [9.17, 15) is 4.79 Å². The van der Waals surface area contributed by atoms with Gasteiger partial charge in [0.15, 0.2) is 5.75 Å². The molecule has 0 atom stereocenters. The van der Waals surface area contributed by atoms with Crippen molar-refractivity contribution in [3.63, 3.8) is 0 Å². The van der Waals surface area contributed by atoms with Gasteiger partial charge in [0, 0.05) is 13.2 Å². The van der Waals surface area contributed by atoms with Gasteiger partial charge >= 0.3 is 6.09 Å². The summed E-state index contributed by atoms with van der Waals surface area (Å²) in [6, 6.07) is 8.69. The van der Waals surface area contributed by atoms with Crippen LogP contribution in [0.25, 0.3) is 16.6 Å². The van der Waals surface area contributed by atoms with Crippen LogP contribution in [0.2, 0.25) is 5.02 Å². The topological polar surface area (TPSA) is 79.5 Å². The number of benzene rings is 1. The van der Waals surface area contributed by atoms with Crippen LogP contribution in [0.15, 0.2) is 36.5 Å². The third-order valence-corrected chi connectivity index (χ3v) is 3.42. The molecule has 2 N–H and O–H groups in total. The van der Waals surface area contributed by atoms with Gasteiger partial charge in [0.2, 0.25) is 0 Å². The molecule has 0 saturated carbocycles. The Kier molecular flexibility index (Phi) is 3.23. The van der Waals surface area contributed by atoms with Gasteiger partial charge in [-0.15, -0.1) is 0 Å². The Morgan fingerprint density at radius 2 is 2.19 bits per heavy atom. The average Bonchev–Trinajstić information content (AvgIpc) is 2.50. The molecule has 0 bridgehead atoms. The van der Waals surface area contributed by atoms with E-state index in [0.717, 1.165) is 0 Å². The molecule has 3 rings (SSSR count). The van der Waals surface area contributed by atoms with Gasteiger partial charge in [0.25, 0.3) is 0 Å². The van der Waals surface area contributed by atoms with Crippen molar-refractivity contribution in [2.24, 2.45) is 0 Å². The third kappa shape index (κ3) is 2.19. The minimum Gasteiger partial charge on any atom is -0.409 e. The van der Waals surface area contributed by atoms with Gasteiger partial charge in [-0.1, -0.05) is 17.7 Å². The summed E-state index contributed by atoms with van der Waals surface area (Å²) in [4.78, 5) is 15.7. The molecule has 2 aromatic heterocycles. The molecule has 0 unspecified atom stereocenters. The van der Waals surface area contributed by atoms with Gasteiger partial charge in [-0.25, -0.2) is 9.78 Å². The number of amides is 1. The first-order valence-electron chi connectivity index (χ1n) is 6.15. The Morgan fingerprint density at radius 3 is 2.95 bits per heavy atom. The molecule has 0 aliphatic carbocycles. The first kappa shape index (κ1) is 13.4. The summed E-state index contributed by atoms with van der Waals surface area (Å²) in [5, 5.41) is 11.2. The molecule has 0 radical (unpaired) electrons. The van der Waals surface area contributed by atoms with Crippen LogP contribution in [-0.4, -0.2) is 22.5 Å². The number of carbonyl (C=O) groups excluding carboxylic acids is 1. The molecule has 0 aliphatic heterocycles. The zero-order chi connectivity index (χ0) is 15.0. The van der Waals surface area contributed by atoms with Gasteiger partial charge in [0.05, 0.1) is 15.9 Å². The maximum atomic E-state index is 11.3. The molecule has 0 spiro atoms. The number of carbonyl (C=O) groups is 1. The number of nitrogens with one attached hydrogen (secondary N) is 2. The van der Waals surface area contributed by atoms with Crippen molar-refractivity contribution < 1.29 is 9.53 Å². The number of fused-ring (bicyclic) bond motifs is 2. The lowest BCUT2D eigenvalue weighted by molar-refractivity contribution is 0.203. The van der Waals surface area contributed by atoms with E-state index >= 15 is 0 Å². The van der Waals surface area contributed by atoms with E-state index in [0.29, 0.717) is 16.6 Å². The number of halogens is 1. The molecule has 0 aliphatic rings. The summed E-state index contributed by atoms with van der Waals surface area (Å²) in [5.74, 6) is 0.190. The highest BCUT2D eigenvalue weighted by molar-refractivity contribution is 6.36. The summed E-state index contributed by atoms with van der Waals surface area (Å²) in [5.41, 5.74) is 1.40. The zero-order valence-electron chi connectivity index (χ0n) is 11.1. The van der Waals surface area contributed by atoms with E-state index in [2.05, 4.69) is 10.3 Å².